The Kier molecular flexibility index (Phi) is 3.18. The molecule has 0 spiro atoms. The molecule has 1 aromatic carbocycles. The van der Waals surface area contributed by atoms with Crippen molar-refractivity contribution in [2.45, 2.75) is 16.2 Å². The van der Waals surface area contributed by atoms with Gasteiger partial charge in [-0.2, -0.15) is 0 Å². The Balaban J connectivity index is 2.10. The van der Waals surface area contributed by atoms with Gasteiger partial charge in [-0.3, -0.25) is 4.79 Å². The molecule has 2 atom stereocenters. The maximum absolute atomic E-state index is 12.1. The molecule has 0 bridgehead atoms. The highest BCUT2D eigenvalue weighted by Crippen LogP contribution is 2.43. The second-order valence-corrected chi connectivity index (χ2v) is 5.70. The van der Waals surface area contributed by atoms with Crippen LogP contribution in [-0.4, -0.2) is 23.1 Å². The van der Waals surface area contributed by atoms with E-state index >= 15 is 0 Å². The summed E-state index contributed by atoms with van der Waals surface area (Å²) < 4.78 is 0. The molecule has 0 unspecified atom stereocenters. The number of carbonyl (C=O) groups excluding carboxylic acids is 1. The Hall–Kier alpha value is -1.19. The molecule has 92 valence electrons. The van der Waals surface area contributed by atoms with Gasteiger partial charge in [-0.25, -0.2) is 0 Å². The number of fused-ring (bicyclic) bond motifs is 2. The van der Waals surface area contributed by atoms with Gasteiger partial charge in [0, 0.05) is 4.90 Å². The Morgan fingerprint density at radius 3 is 2.89 bits per heavy atom. The van der Waals surface area contributed by atoms with Crippen molar-refractivity contribution in [3.63, 3.8) is 0 Å². The Morgan fingerprint density at radius 2 is 2.06 bits per heavy atom. The van der Waals surface area contributed by atoms with Crippen molar-refractivity contribution < 1.29 is 4.79 Å². The molecule has 1 aliphatic heterocycles. The lowest BCUT2D eigenvalue weighted by Crippen LogP contribution is -2.48. The molecule has 0 N–H and O–H groups in total. The molecular weight excluding hydrogens is 266 g/mol. The van der Waals surface area contributed by atoms with E-state index in [4.69, 9.17) is 11.6 Å². The summed E-state index contributed by atoms with van der Waals surface area (Å²) >= 11 is 7.54. The van der Waals surface area contributed by atoms with Gasteiger partial charge in [0.2, 0.25) is 5.91 Å². The summed E-state index contributed by atoms with van der Waals surface area (Å²) in [6, 6.07) is 8.06. The molecular formula is C14H12ClNOS. The lowest BCUT2D eigenvalue weighted by Gasteiger charge is -2.40. The third-order valence-corrected chi connectivity index (χ3v) is 4.66. The highest BCUT2D eigenvalue weighted by atomic mass is 35.5. The molecule has 0 saturated heterocycles. The first-order valence-corrected chi connectivity index (χ1v) is 7.21. The largest absolute Gasteiger partial charge is 0.302 e. The second-order valence-electron chi connectivity index (χ2n) is 4.21. The van der Waals surface area contributed by atoms with E-state index in [0.29, 0.717) is 0 Å². The molecule has 2 nitrogen and oxygen atoms in total. The van der Waals surface area contributed by atoms with Crippen molar-refractivity contribution in [1.82, 2.24) is 0 Å². The van der Waals surface area contributed by atoms with Crippen LogP contribution in [-0.2, 0) is 4.79 Å². The summed E-state index contributed by atoms with van der Waals surface area (Å²) in [5.74, 6) is -0.0286. The quantitative estimate of drug-likeness (QED) is 0.735. The van der Waals surface area contributed by atoms with E-state index in [-0.39, 0.29) is 23.1 Å². The van der Waals surface area contributed by atoms with Crippen molar-refractivity contribution in [3.8, 4) is 0 Å². The van der Waals surface area contributed by atoms with Crippen molar-refractivity contribution >= 4 is 35.0 Å². The summed E-state index contributed by atoms with van der Waals surface area (Å²) in [7, 11) is 0. The number of rotatable bonds is 1. The number of hydrogen-bond donors (Lipinski definition) is 0. The maximum Gasteiger partial charge on any atom is 0.242 e. The molecule has 1 heterocycles. The minimum Gasteiger partial charge on any atom is -0.302 e. The van der Waals surface area contributed by atoms with Crippen molar-refractivity contribution in [2.75, 3.05) is 10.8 Å². The standard InChI is InChI=1S/C14H12ClNOS/c15-9-14(17)16-10-5-1-3-7-12(10)18-13-8-4-2-6-11(13)16/h1-8,10,12H,9H2/t10-,12+/m1/s1. The van der Waals surface area contributed by atoms with Gasteiger partial charge in [-0.1, -0.05) is 36.4 Å². The van der Waals surface area contributed by atoms with Crippen LogP contribution < -0.4 is 4.90 Å². The minimum atomic E-state index is -0.0423. The summed E-state index contributed by atoms with van der Waals surface area (Å²) in [5, 5.41) is 0.275. The zero-order chi connectivity index (χ0) is 12.5. The first-order chi connectivity index (χ1) is 8.81. The van der Waals surface area contributed by atoms with Gasteiger partial charge < -0.3 is 4.90 Å². The fraction of sp³-hybridized carbons (Fsp3) is 0.214. The van der Waals surface area contributed by atoms with Crippen LogP contribution in [0.4, 0.5) is 5.69 Å². The number of thioether (sulfide) groups is 1. The zero-order valence-corrected chi connectivity index (χ0v) is 11.2. The van der Waals surface area contributed by atoms with Crippen LogP contribution in [0.25, 0.3) is 0 Å². The second kappa shape index (κ2) is 4.82. The predicted molar refractivity (Wildman–Crippen MR) is 76.4 cm³/mol. The number of allylic oxidation sites excluding steroid dienone is 2. The van der Waals surface area contributed by atoms with Crippen LogP contribution in [0.15, 0.2) is 53.5 Å². The smallest absolute Gasteiger partial charge is 0.242 e. The van der Waals surface area contributed by atoms with Crippen LogP contribution in [0.5, 0.6) is 0 Å². The van der Waals surface area contributed by atoms with E-state index in [0.717, 1.165) is 10.6 Å². The highest BCUT2D eigenvalue weighted by Gasteiger charge is 2.35. The Labute approximate surface area is 115 Å². The number of alkyl halides is 1. The third kappa shape index (κ3) is 1.88. The summed E-state index contributed by atoms with van der Waals surface area (Å²) in [4.78, 5) is 15.1. The average molecular weight is 278 g/mol. The number of nitrogens with zero attached hydrogens (tertiary/aromatic N) is 1. The molecule has 0 aromatic heterocycles. The van der Waals surface area contributed by atoms with Crippen molar-refractivity contribution in [3.05, 3.63) is 48.6 Å². The molecule has 1 aliphatic carbocycles. The van der Waals surface area contributed by atoms with Gasteiger partial charge in [0.1, 0.15) is 5.88 Å². The normalized spacial score (nSPS) is 24.6. The van der Waals surface area contributed by atoms with E-state index in [2.05, 4.69) is 18.2 Å². The van der Waals surface area contributed by atoms with E-state index < -0.39 is 0 Å². The van der Waals surface area contributed by atoms with E-state index in [1.165, 1.54) is 0 Å². The number of para-hydroxylation sites is 1. The van der Waals surface area contributed by atoms with E-state index in [9.17, 15) is 4.79 Å². The van der Waals surface area contributed by atoms with Gasteiger partial charge in [0.25, 0.3) is 0 Å². The lowest BCUT2D eigenvalue weighted by molar-refractivity contribution is -0.116. The van der Waals surface area contributed by atoms with E-state index in [1.54, 1.807) is 11.8 Å². The molecule has 0 saturated carbocycles. The van der Waals surface area contributed by atoms with Gasteiger partial charge in [0.15, 0.2) is 0 Å². The first-order valence-electron chi connectivity index (χ1n) is 5.80. The lowest BCUT2D eigenvalue weighted by atomic mass is 10.0. The van der Waals surface area contributed by atoms with Gasteiger partial charge in [0.05, 0.1) is 17.0 Å². The number of anilines is 1. The molecule has 1 aromatic rings. The fourth-order valence-electron chi connectivity index (χ4n) is 2.35. The number of amides is 1. The first kappa shape index (κ1) is 11.9. The monoisotopic (exact) mass is 277 g/mol. The minimum absolute atomic E-state index is 0.0137. The third-order valence-electron chi connectivity index (χ3n) is 3.13. The highest BCUT2D eigenvalue weighted by molar-refractivity contribution is 8.00. The maximum atomic E-state index is 12.1. The van der Waals surface area contributed by atoms with E-state index in [1.807, 2.05) is 35.3 Å². The van der Waals surface area contributed by atoms with Crippen molar-refractivity contribution in [1.29, 1.82) is 0 Å². The zero-order valence-electron chi connectivity index (χ0n) is 9.62. The molecule has 4 heteroatoms. The average Bonchev–Trinajstić information content (AvgIpc) is 2.44. The SMILES string of the molecule is O=C(CCl)N1c2ccccc2S[C@H]2C=CC=C[C@H]21. The fourth-order valence-corrected chi connectivity index (χ4v) is 3.73. The van der Waals surface area contributed by atoms with Gasteiger partial charge in [-0.15, -0.1) is 23.4 Å². The summed E-state index contributed by atoms with van der Waals surface area (Å²) in [6.45, 7) is 0. The predicted octanol–water partition coefficient (Wildman–Crippen LogP) is 3.23. The summed E-state index contributed by atoms with van der Waals surface area (Å²) in [6.07, 6.45) is 8.23. The topological polar surface area (TPSA) is 20.3 Å². The number of hydrogen-bond acceptors (Lipinski definition) is 2. The Morgan fingerprint density at radius 1 is 1.28 bits per heavy atom. The molecule has 2 aliphatic rings. The number of benzene rings is 1. The number of carbonyl (C=O) groups is 1. The van der Waals surface area contributed by atoms with Crippen LogP contribution in [0.1, 0.15) is 0 Å². The van der Waals surface area contributed by atoms with Gasteiger partial charge >= 0.3 is 0 Å². The summed E-state index contributed by atoms with van der Waals surface area (Å²) in [5.41, 5.74) is 0.967. The molecule has 0 radical (unpaired) electrons. The van der Waals surface area contributed by atoms with Crippen LogP contribution in [0.3, 0.4) is 0 Å². The molecule has 3 rings (SSSR count). The van der Waals surface area contributed by atoms with Gasteiger partial charge in [-0.05, 0) is 12.1 Å². The van der Waals surface area contributed by atoms with Crippen LogP contribution in [0, 0.1) is 0 Å². The molecule has 18 heavy (non-hydrogen) atoms. The molecule has 0 fully saturated rings. The number of halogens is 1. The van der Waals surface area contributed by atoms with Crippen LogP contribution >= 0.6 is 23.4 Å². The molecule has 1 amide bonds. The van der Waals surface area contributed by atoms with Crippen LogP contribution in [0.2, 0.25) is 0 Å². The van der Waals surface area contributed by atoms with Crippen molar-refractivity contribution in [2.24, 2.45) is 0 Å². The Bertz CT molecular complexity index is 540.